The van der Waals surface area contributed by atoms with E-state index < -0.39 is 0 Å². The number of hydrogen-bond acceptors (Lipinski definition) is 2. The Morgan fingerprint density at radius 1 is 0.771 bits per heavy atom. The van der Waals surface area contributed by atoms with Crippen LogP contribution < -0.4 is 10.6 Å². The van der Waals surface area contributed by atoms with Crippen molar-refractivity contribution in [3.05, 3.63) is 154 Å². The van der Waals surface area contributed by atoms with E-state index in [4.69, 9.17) is 0 Å². The minimum Gasteiger partial charge on any atom is -0.352 e. The fraction of sp³-hybridized carbons (Fsp3) is 0.289. The Morgan fingerprint density at radius 3 is 2.48 bits per heavy atom. The van der Waals surface area contributed by atoms with Crippen molar-refractivity contribution in [3.63, 3.8) is 0 Å². The van der Waals surface area contributed by atoms with Gasteiger partial charge >= 0.3 is 0 Å². The molecule has 2 heterocycles. The zero-order valence-corrected chi connectivity index (χ0v) is 28.5. The monoisotopic (exact) mass is 625 g/mol. The Kier molecular flexibility index (Phi) is 5.82. The first kappa shape index (κ1) is 28.3. The molecule has 48 heavy (non-hydrogen) atoms. The van der Waals surface area contributed by atoms with E-state index in [9.17, 15) is 0 Å². The number of aromatic nitrogens is 1. The molecule has 10 rings (SSSR count). The summed E-state index contributed by atoms with van der Waals surface area (Å²) in [6.45, 7) is 9.63. The van der Waals surface area contributed by atoms with Crippen LogP contribution in [0.4, 0.5) is 0 Å². The summed E-state index contributed by atoms with van der Waals surface area (Å²) in [4.78, 5) is 0. The minimum absolute atomic E-state index is 0.0423. The largest absolute Gasteiger partial charge is 0.352 e. The van der Waals surface area contributed by atoms with Crippen molar-refractivity contribution in [3.8, 4) is 0 Å². The normalized spacial score (nSPS) is 24.3. The fourth-order valence-corrected chi connectivity index (χ4v) is 9.80. The summed E-state index contributed by atoms with van der Waals surface area (Å²) in [6, 6.07) is 21.1. The van der Waals surface area contributed by atoms with Gasteiger partial charge in [-0.1, -0.05) is 112 Å². The van der Waals surface area contributed by atoms with Crippen molar-refractivity contribution < 1.29 is 0 Å². The average Bonchev–Trinajstić information content (AvgIpc) is 3.84. The molecule has 3 nitrogen and oxygen atoms in total. The van der Waals surface area contributed by atoms with E-state index in [0.717, 1.165) is 31.4 Å². The highest BCUT2D eigenvalue weighted by atomic mass is 15.3. The first-order valence-corrected chi connectivity index (χ1v) is 17.9. The number of allylic oxidation sites excluding steroid dienone is 11. The molecule has 3 heteroatoms. The minimum atomic E-state index is -0.0639. The lowest BCUT2D eigenvalue weighted by Gasteiger charge is -2.26. The summed E-state index contributed by atoms with van der Waals surface area (Å²) in [5.41, 5.74) is 18.5. The van der Waals surface area contributed by atoms with Crippen LogP contribution in [0.3, 0.4) is 0 Å². The van der Waals surface area contributed by atoms with Crippen molar-refractivity contribution in [1.29, 1.82) is 0 Å². The lowest BCUT2D eigenvalue weighted by Crippen LogP contribution is -2.29. The smallest absolute Gasteiger partial charge is 0.180 e. The van der Waals surface area contributed by atoms with Gasteiger partial charge in [-0.2, -0.15) is 0 Å². The SMILES string of the molecule is CC1(C)C2=C(CCC=C2)c2ccc(C3C=CC(C4=CNC(n5c6ccccc6c6cc7c(cc65)C(C)(C)C5=C7C=CCC5)N4)=CC3)cc21. The molecule has 2 unspecified atom stereocenters. The summed E-state index contributed by atoms with van der Waals surface area (Å²) in [6.07, 6.45) is 24.3. The van der Waals surface area contributed by atoms with E-state index in [-0.39, 0.29) is 17.1 Å². The summed E-state index contributed by atoms with van der Waals surface area (Å²) >= 11 is 0. The van der Waals surface area contributed by atoms with Crippen LogP contribution in [0, 0.1) is 0 Å². The van der Waals surface area contributed by atoms with Gasteiger partial charge < -0.3 is 15.2 Å². The second-order valence-electron chi connectivity index (χ2n) is 15.7. The highest BCUT2D eigenvalue weighted by Crippen LogP contribution is 2.53. The van der Waals surface area contributed by atoms with Gasteiger partial charge in [-0.25, -0.2) is 0 Å². The second kappa shape index (κ2) is 9.89. The van der Waals surface area contributed by atoms with Gasteiger partial charge in [-0.3, -0.25) is 0 Å². The van der Waals surface area contributed by atoms with E-state index in [0.29, 0.717) is 5.92 Å². The van der Waals surface area contributed by atoms with Gasteiger partial charge in [0.15, 0.2) is 6.29 Å². The van der Waals surface area contributed by atoms with Gasteiger partial charge in [-0.05, 0) is 100 Å². The van der Waals surface area contributed by atoms with Crippen molar-refractivity contribution in [2.24, 2.45) is 0 Å². The van der Waals surface area contributed by atoms with Crippen molar-refractivity contribution in [2.75, 3.05) is 0 Å². The van der Waals surface area contributed by atoms with Gasteiger partial charge in [0.05, 0.1) is 16.7 Å². The van der Waals surface area contributed by atoms with Crippen LogP contribution in [-0.2, 0) is 10.8 Å². The summed E-state index contributed by atoms with van der Waals surface area (Å²) in [5, 5.41) is 10.2. The third-order valence-corrected chi connectivity index (χ3v) is 12.4. The quantitative estimate of drug-likeness (QED) is 0.237. The van der Waals surface area contributed by atoms with Crippen LogP contribution in [0.5, 0.6) is 0 Å². The maximum Gasteiger partial charge on any atom is 0.180 e. The first-order chi connectivity index (χ1) is 23.3. The van der Waals surface area contributed by atoms with Crippen molar-refractivity contribution >= 4 is 33.0 Å². The van der Waals surface area contributed by atoms with E-state index >= 15 is 0 Å². The molecule has 0 saturated carbocycles. The highest BCUT2D eigenvalue weighted by Gasteiger charge is 2.39. The molecule has 2 atom stereocenters. The van der Waals surface area contributed by atoms with Gasteiger partial charge in [0, 0.05) is 33.7 Å². The molecule has 5 aliphatic carbocycles. The van der Waals surface area contributed by atoms with Crippen LogP contribution in [-0.4, -0.2) is 4.57 Å². The zero-order valence-electron chi connectivity index (χ0n) is 28.5. The lowest BCUT2D eigenvalue weighted by molar-refractivity contribution is 0.456. The van der Waals surface area contributed by atoms with Gasteiger partial charge in [0.1, 0.15) is 0 Å². The van der Waals surface area contributed by atoms with Gasteiger partial charge in [-0.15, -0.1) is 0 Å². The number of hydrogen-bond donors (Lipinski definition) is 2. The second-order valence-corrected chi connectivity index (χ2v) is 15.7. The molecule has 6 aliphatic rings. The molecule has 2 N–H and O–H groups in total. The molecule has 0 amide bonds. The Hall–Kier alpha value is -4.76. The maximum absolute atomic E-state index is 3.87. The molecule has 4 aromatic rings. The number of fused-ring (bicyclic) bond motifs is 7. The molecule has 3 aromatic carbocycles. The molecular weight excluding hydrogens is 583 g/mol. The number of para-hydroxylation sites is 1. The fourth-order valence-electron chi connectivity index (χ4n) is 9.80. The van der Waals surface area contributed by atoms with Gasteiger partial charge in [0.25, 0.3) is 0 Å². The van der Waals surface area contributed by atoms with Crippen LogP contribution >= 0.6 is 0 Å². The Bertz CT molecular complexity index is 2320. The molecule has 0 saturated heterocycles. The van der Waals surface area contributed by atoms with E-state index in [1.54, 1.807) is 11.1 Å². The molecule has 0 radical (unpaired) electrons. The number of benzene rings is 3. The molecule has 0 bridgehead atoms. The average molecular weight is 626 g/mol. The number of nitrogens with zero attached hydrogens (tertiary/aromatic N) is 1. The maximum atomic E-state index is 3.87. The third-order valence-electron chi connectivity index (χ3n) is 12.4. The highest BCUT2D eigenvalue weighted by molar-refractivity contribution is 6.10. The van der Waals surface area contributed by atoms with Crippen molar-refractivity contribution in [2.45, 2.75) is 82.8 Å². The standard InChI is InChI=1S/C45H43N3/c1-44(2)36-14-8-5-11-30(36)32-22-21-29(23-38(32)44)27-17-19-28(20-18-27)40-26-46-43(47-40)48-41-16-10-7-13-33(41)35-24-34-31-12-6-9-15-37(31)45(3,4)39(34)25-42(35)48/h6-8,10,12-14,16-17,19-27,43,46-47H,5,9,11,15,18H2,1-4H3. The van der Waals surface area contributed by atoms with Gasteiger partial charge in [0.2, 0.25) is 0 Å². The topological polar surface area (TPSA) is 29.0 Å². The predicted octanol–water partition coefficient (Wildman–Crippen LogP) is 10.7. The molecule has 0 fully saturated rings. The van der Waals surface area contributed by atoms with Crippen LogP contribution in [0.25, 0.3) is 33.0 Å². The van der Waals surface area contributed by atoms with Crippen LogP contribution in [0.2, 0.25) is 0 Å². The van der Waals surface area contributed by atoms with E-state index in [1.807, 2.05) is 0 Å². The lowest BCUT2D eigenvalue weighted by atomic mass is 9.78. The number of rotatable bonds is 3. The molecule has 1 aliphatic heterocycles. The number of nitrogens with one attached hydrogen (secondary N) is 2. The molecule has 238 valence electrons. The van der Waals surface area contributed by atoms with E-state index in [2.05, 4.69) is 146 Å². The summed E-state index contributed by atoms with van der Waals surface area (Å²) < 4.78 is 2.47. The molecule has 0 spiro atoms. The third kappa shape index (κ3) is 3.82. The molecule has 1 aromatic heterocycles. The Labute approximate surface area is 283 Å². The van der Waals surface area contributed by atoms with Crippen LogP contribution in [0.1, 0.15) is 99.8 Å². The zero-order chi connectivity index (χ0) is 32.4. The summed E-state index contributed by atoms with van der Waals surface area (Å²) in [7, 11) is 0. The Balaban J connectivity index is 0.936. The Morgan fingerprint density at radius 2 is 1.60 bits per heavy atom. The van der Waals surface area contributed by atoms with Crippen molar-refractivity contribution in [1.82, 2.24) is 15.2 Å². The molecular formula is C45H43N3. The predicted molar refractivity (Wildman–Crippen MR) is 200 cm³/mol. The summed E-state index contributed by atoms with van der Waals surface area (Å²) in [5.74, 6) is 0.394. The van der Waals surface area contributed by atoms with E-state index in [1.165, 1.54) is 72.8 Å². The first-order valence-electron chi connectivity index (χ1n) is 17.9. The van der Waals surface area contributed by atoms with Crippen LogP contribution in [0.15, 0.2) is 126 Å².